The SMILES string of the molecule is Cc1ccsc1-c1nc(-c2ccc3nc[nH]c3c2)c(-c2ccccc2)[nH]1. The van der Waals surface area contributed by atoms with Gasteiger partial charge in [0.2, 0.25) is 0 Å². The van der Waals surface area contributed by atoms with Gasteiger partial charge in [0.25, 0.3) is 0 Å². The number of fused-ring (bicyclic) bond motifs is 1. The number of nitrogens with zero attached hydrogens (tertiary/aromatic N) is 2. The minimum Gasteiger partial charge on any atom is -0.345 e. The maximum Gasteiger partial charge on any atom is 0.148 e. The Morgan fingerprint density at radius 1 is 0.962 bits per heavy atom. The summed E-state index contributed by atoms with van der Waals surface area (Å²) in [5, 5.41) is 2.10. The highest BCUT2D eigenvalue weighted by molar-refractivity contribution is 7.13. The van der Waals surface area contributed by atoms with Gasteiger partial charge in [-0.1, -0.05) is 36.4 Å². The van der Waals surface area contributed by atoms with Crippen LogP contribution in [0.4, 0.5) is 0 Å². The second-order valence-electron chi connectivity index (χ2n) is 6.24. The lowest BCUT2D eigenvalue weighted by Crippen LogP contribution is -1.84. The molecule has 26 heavy (non-hydrogen) atoms. The number of imidazole rings is 2. The highest BCUT2D eigenvalue weighted by Gasteiger charge is 2.17. The molecule has 0 atom stereocenters. The first-order chi connectivity index (χ1) is 12.8. The second kappa shape index (κ2) is 5.97. The molecule has 0 spiro atoms. The summed E-state index contributed by atoms with van der Waals surface area (Å²) in [6.45, 7) is 2.12. The van der Waals surface area contributed by atoms with Crippen molar-refractivity contribution in [3.05, 3.63) is 71.9 Å². The molecule has 0 aliphatic heterocycles. The van der Waals surface area contributed by atoms with Crippen molar-refractivity contribution >= 4 is 22.4 Å². The van der Waals surface area contributed by atoms with Gasteiger partial charge < -0.3 is 9.97 Å². The van der Waals surface area contributed by atoms with E-state index in [4.69, 9.17) is 4.98 Å². The van der Waals surface area contributed by atoms with Gasteiger partial charge in [0.1, 0.15) is 5.82 Å². The van der Waals surface area contributed by atoms with Crippen LogP contribution in [-0.4, -0.2) is 19.9 Å². The van der Waals surface area contributed by atoms with E-state index in [1.807, 2.05) is 24.3 Å². The fraction of sp³-hybridized carbons (Fsp3) is 0.0476. The lowest BCUT2D eigenvalue weighted by molar-refractivity contribution is 1.31. The van der Waals surface area contributed by atoms with E-state index in [0.717, 1.165) is 39.4 Å². The van der Waals surface area contributed by atoms with E-state index in [2.05, 4.69) is 57.6 Å². The molecule has 0 fully saturated rings. The van der Waals surface area contributed by atoms with Crippen molar-refractivity contribution < 1.29 is 0 Å². The zero-order valence-electron chi connectivity index (χ0n) is 14.2. The Kier molecular flexibility index (Phi) is 3.47. The molecule has 0 aliphatic carbocycles. The number of H-pyrrole nitrogens is 2. The Labute approximate surface area is 154 Å². The van der Waals surface area contributed by atoms with Crippen LogP contribution in [0.5, 0.6) is 0 Å². The van der Waals surface area contributed by atoms with E-state index >= 15 is 0 Å². The zero-order chi connectivity index (χ0) is 17.5. The number of aromatic amines is 2. The van der Waals surface area contributed by atoms with Crippen molar-refractivity contribution in [3.8, 4) is 33.2 Å². The number of thiophene rings is 1. The van der Waals surface area contributed by atoms with Crippen molar-refractivity contribution in [2.24, 2.45) is 0 Å². The first-order valence-corrected chi connectivity index (χ1v) is 9.31. The number of aryl methyl sites for hydroxylation is 1. The number of rotatable bonds is 3. The smallest absolute Gasteiger partial charge is 0.148 e. The molecule has 0 bridgehead atoms. The van der Waals surface area contributed by atoms with Gasteiger partial charge in [0.05, 0.1) is 33.6 Å². The highest BCUT2D eigenvalue weighted by Crippen LogP contribution is 2.36. The van der Waals surface area contributed by atoms with Crippen LogP contribution in [0, 0.1) is 6.92 Å². The first kappa shape index (κ1) is 15.1. The van der Waals surface area contributed by atoms with Gasteiger partial charge in [-0.2, -0.15) is 0 Å². The summed E-state index contributed by atoms with van der Waals surface area (Å²) < 4.78 is 0. The van der Waals surface area contributed by atoms with Gasteiger partial charge in [-0.3, -0.25) is 0 Å². The summed E-state index contributed by atoms with van der Waals surface area (Å²) in [4.78, 5) is 17.2. The lowest BCUT2D eigenvalue weighted by atomic mass is 10.0. The maximum atomic E-state index is 4.97. The topological polar surface area (TPSA) is 57.4 Å². The van der Waals surface area contributed by atoms with Crippen molar-refractivity contribution in [1.82, 2.24) is 19.9 Å². The first-order valence-electron chi connectivity index (χ1n) is 8.43. The Hall–Kier alpha value is -3.18. The molecule has 126 valence electrons. The molecule has 0 aliphatic rings. The van der Waals surface area contributed by atoms with Crippen LogP contribution in [0.2, 0.25) is 0 Å². The standard InChI is InChI=1S/C21H16N4S/c1-13-9-10-26-20(13)21-24-18(14-5-3-2-4-6-14)19(25-21)15-7-8-16-17(11-15)23-12-22-16/h2-12H,1H3,(H,22,23)(H,24,25). The van der Waals surface area contributed by atoms with Gasteiger partial charge in [0.15, 0.2) is 0 Å². The van der Waals surface area contributed by atoms with E-state index in [1.54, 1.807) is 17.7 Å². The van der Waals surface area contributed by atoms with E-state index in [1.165, 1.54) is 10.4 Å². The number of aromatic nitrogens is 4. The van der Waals surface area contributed by atoms with Crippen molar-refractivity contribution in [1.29, 1.82) is 0 Å². The quantitative estimate of drug-likeness (QED) is 0.438. The fourth-order valence-corrected chi connectivity index (χ4v) is 4.07. The molecule has 0 amide bonds. The molecule has 4 nitrogen and oxygen atoms in total. The van der Waals surface area contributed by atoms with E-state index in [0.29, 0.717) is 0 Å². The van der Waals surface area contributed by atoms with E-state index < -0.39 is 0 Å². The zero-order valence-corrected chi connectivity index (χ0v) is 15.0. The third-order valence-electron chi connectivity index (χ3n) is 4.54. The van der Waals surface area contributed by atoms with Gasteiger partial charge in [-0.25, -0.2) is 9.97 Å². The summed E-state index contributed by atoms with van der Waals surface area (Å²) in [6.07, 6.45) is 1.72. The van der Waals surface area contributed by atoms with E-state index in [9.17, 15) is 0 Å². The number of hydrogen-bond donors (Lipinski definition) is 2. The molecule has 3 heterocycles. The van der Waals surface area contributed by atoms with Crippen LogP contribution < -0.4 is 0 Å². The molecular formula is C21H16N4S. The van der Waals surface area contributed by atoms with Crippen LogP contribution in [0.15, 0.2) is 66.3 Å². The monoisotopic (exact) mass is 356 g/mol. The molecule has 5 heteroatoms. The maximum absolute atomic E-state index is 4.97. The molecule has 0 radical (unpaired) electrons. The van der Waals surface area contributed by atoms with Gasteiger partial charge in [-0.15, -0.1) is 11.3 Å². The third-order valence-corrected chi connectivity index (χ3v) is 5.56. The summed E-state index contributed by atoms with van der Waals surface area (Å²) in [6, 6.07) is 18.7. The van der Waals surface area contributed by atoms with Gasteiger partial charge in [0, 0.05) is 11.1 Å². The highest BCUT2D eigenvalue weighted by atomic mass is 32.1. The van der Waals surface area contributed by atoms with Crippen molar-refractivity contribution in [2.75, 3.05) is 0 Å². The Bertz CT molecular complexity index is 1200. The van der Waals surface area contributed by atoms with Crippen LogP contribution >= 0.6 is 11.3 Å². The minimum absolute atomic E-state index is 0.913. The Morgan fingerprint density at radius 2 is 1.85 bits per heavy atom. The fourth-order valence-electron chi connectivity index (χ4n) is 3.20. The van der Waals surface area contributed by atoms with Crippen LogP contribution in [0.1, 0.15) is 5.56 Å². The third kappa shape index (κ3) is 2.45. The minimum atomic E-state index is 0.913. The van der Waals surface area contributed by atoms with Gasteiger partial charge >= 0.3 is 0 Å². The average molecular weight is 356 g/mol. The summed E-state index contributed by atoms with van der Waals surface area (Å²) in [5.41, 5.74) is 7.39. The van der Waals surface area contributed by atoms with Crippen molar-refractivity contribution in [2.45, 2.75) is 6.92 Å². The summed E-state index contributed by atoms with van der Waals surface area (Å²) >= 11 is 1.71. The van der Waals surface area contributed by atoms with Crippen LogP contribution in [-0.2, 0) is 0 Å². The Morgan fingerprint density at radius 3 is 2.65 bits per heavy atom. The Balaban J connectivity index is 1.74. The predicted molar refractivity (Wildman–Crippen MR) is 107 cm³/mol. The molecule has 3 aromatic heterocycles. The molecule has 0 unspecified atom stereocenters. The molecule has 5 aromatic rings. The summed E-state index contributed by atoms with van der Waals surface area (Å²) in [5.74, 6) is 0.913. The van der Waals surface area contributed by atoms with Gasteiger partial charge in [-0.05, 0) is 36.1 Å². The average Bonchev–Trinajstić information content (AvgIpc) is 3.40. The second-order valence-corrected chi connectivity index (χ2v) is 7.16. The largest absolute Gasteiger partial charge is 0.345 e. The molecule has 2 aromatic carbocycles. The molecule has 2 N–H and O–H groups in total. The molecule has 0 saturated carbocycles. The van der Waals surface area contributed by atoms with Crippen LogP contribution in [0.3, 0.4) is 0 Å². The number of benzene rings is 2. The van der Waals surface area contributed by atoms with E-state index in [-0.39, 0.29) is 0 Å². The molecular weight excluding hydrogens is 340 g/mol. The summed E-state index contributed by atoms with van der Waals surface area (Å²) in [7, 11) is 0. The molecule has 5 rings (SSSR count). The van der Waals surface area contributed by atoms with Crippen LogP contribution in [0.25, 0.3) is 44.2 Å². The normalized spacial score (nSPS) is 11.3. The molecule has 0 saturated heterocycles. The predicted octanol–water partition coefficient (Wildman–Crippen LogP) is 5.66. The number of hydrogen-bond acceptors (Lipinski definition) is 3. The number of nitrogens with one attached hydrogen (secondary N) is 2. The van der Waals surface area contributed by atoms with Crippen molar-refractivity contribution in [3.63, 3.8) is 0 Å². The lowest BCUT2D eigenvalue weighted by Gasteiger charge is -2.03.